The molecule has 0 aliphatic carbocycles. The Bertz CT molecular complexity index is 380. The number of nitrogens with zero attached hydrogens (tertiary/aromatic N) is 2. The summed E-state index contributed by atoms with van der Waals surface area (Å²) in [6.07, 6.45) is 6.10. The number of nitrogens with two attached hydrogens (primary N) is 1. The molecule has 4 nitrogen and oxygen atoms in total. The summed E-state index contributed by atoms with van der Waals surface area (Å²) in [5.74, 6) is 0.462. The van der Waals surface area contributed by atoms with Crippen LogP contribution in [0.1, 0.15) is 11.3 Å². The third-order valence-electron chi connectivity index (χ3n) is 1.79. The van der Waals surface area contributed by atoms with Crippen molar-refractivity contribution in [3.8, 4) is 0 Å². The lowest BCUT2D eigenvalue weighted by Crippen LogP contribution is -1.90. The van der Waals surface area contributed by atoms with Gasteiger partial charge in [-0.3, -0.25) is 4.98 Å². The van der Waals surface area contributed by atoms with Gasteiger partial charge in [-0.1, -0.05) is 0 Å². The number of nitrogens with one attached hydrogen (secondary N) is 1. The van der Waals surface area contributed by atoms with Crippen LogP contribution in [0.5, 0.6) is 0 Å². The minimum Gasteiger partial charge on any atom is -0.369 e. The largest absolute Gasteiger partial charge is 0.369 e. The summed E-state index contributed by atoms with van der Waals surface area (Å²) in [7, 11) is 0. The topological polar surface area (TPSA) is 67.6 Å². The van der Waals surface area contributed by atoms with Crippen molar-refractivity contribution in [1.82, 2.24) is 15.0 Å². The van der Waals surface area contributed by atoms with Gasteiger partial charge in [0.05, 0.1) is 6.20 Å². The van der Waals surface area contributed by atoms with Gasteiger partial charge in [0, 0.05) is 24.5 Å². The van der Waals surface area contributed by atoms with Crippen LogP contribution >= 0.6 is 0 Å². The molecule has 66 valence electrons. The number of rotatable bonds is 2. The van der Waals surface area contributed by atoms with E-state index < -0.39 is 0 Å². The molecule has 0 aromatic carbocycles. The fraction of sp³-hybridized carbons (Fsp3) is 0.111. The highest BCUT2D eigenvalue weighted by molar-refractivity contribution is 5.23. The van der Waals surface area contributed by atoms with Gasteiger partial charge in [0.25, 0.3) is 0 Å². The Hall–Kier alpha value is -1.84. The highest BCUT2D eigenvalue weighted by Crippen LogP contribution is 2.06. The first kappa shape index (κ1) is 7.79. The molecule has 0 aliphatic heterocycles. The first-order valence-electron chi connectivity index (χ1n) is 4.03. The summed E-state index contributed by atoms with van der Waals surface area (Å²) in [4.78, 5) is 10.8. The molecule has 4 heteroatoms. The van der Waals surface area contributed by atoms with Crippen molar-refractivity contribution in [2.75, 3.05) is 5.73 Å². The third-order valence-corrected chi connectivity index (χ3v) is 1.79. The molecular formula is C9H10N4. The Morgan fingerprint density at radius 1 is 1.31 bits per heavy atom. The van der Waals surface area contributed by atoms with E-state index in [0.717, 1.165) is 12.1 Å². The smallest absolute Gasteiger partial charge is 0.197 e. The fourth-order valence-corrected chi connectivity index (χ4v) is 1.19. The Kier molecular flexibility index (Phi) is 1.96. The molecule has 13 heavy (non-hydrogen) atoms. The summed E-state index contributed by atoms with van der Waals surface area (Å²) >= 11 is 0. The van der Waals surface area contributed by atoms with E-state index in [1.807, 2.05) is 12.1 Å². The van der Waals surface area contributed by atoms with Crippen molar-refractivity contribution in [2.24, 2.45) is 0 Å². The van der Waals surface area contributed by atoms with Crippen molar-refractivity contribution in [3.05, 3.63) is 42.0 Å². The number of hydrogen-bond acceptors (Lipinski definition) is 3. The van der Waals surface area contributed by atoms with Gasteiger partial charge >= 0.3 is 0 Å². The van der Waals surface area contributed by atoms with Crippen molar-refractivity contribution < 1.29 is 0 Å². The predicted octanol–water partition coefficient (Wildman–Crippen LogP) is 0.978. The van der Waals surface area contributed by atoms with Gasteiger partial charge in [-0.2, -0.15) is 0 Å². The predicted molar refractivity (Wildman–Crippen MR) is 50.0 cm³/mol. The Balaban J connectivity index is 2.15. The van der Waals surface area contributed by atoms with E-state index in [0.29, 0.717) is 5.95 Å². The van der Waals surface area contributed by atoms with Crippen molar-refractivity contribution in [3.63, 3.8) is 0 Å². The highest BCUT2D eigenvalue weighted by atomic mass is 15.0. The van der Waals surface area contributed by atoms with Crippen molar-refractivity contribution in [2.45, 2.75) is 6.42 Å². The molecule has 2 rings (SSSR count). The van der Waals surface area contributed by atoms with Crippen LogP contribution in [0.4, 0.5) is 5.95 Å². The van der Waals surface area contributed by atoms with Gasteiger partial charge in [0.15, 0.2) is 5.95 Å². The Labute approximate surface area is 75.8 Å². The molecule has 0 saturated carbocycles. The van der Waals surface area contributed by atoms with E-state index in [-0.39, 0.29) is 0 Å². The molecule has 0 amide bonds. The lowest BCUT2D eigenvalue weighted by molar-refractivity contribution is 1.10. The van der Waals surface area contributed by atoms with Gasteiger partial charge in [-0.05, 0) is 17.7 Å². The maximum absolute atomic E-state index is 5.45. The number of imidazole rings is 1. The standard InChI is InChI=1S/C9H10N4/c10-9-12-6-8(13-9)5-7-1-3-11-4-2-7/h1-4,6H,5H2,(H3,10,12,13). The number of aromatic amines is 1. The van der Waals surface area contributed by atoms with Crippen LogP contribution in [0.2, 0.25) is 0 Å². The molecule has 0 spiro atoms. The summed E-state index contributed by atoms with van der Waals surface area (Å²) in [5.41, 5.74) is 7.66. The van der Waals surface area contributed by atoms with Gasteiger partial charge in [-0.15, -0.1) is 0 Å². The molecule has 0 saturated heterocycles. The minimum atomic E-state index is 0.462. The van der Waals surface area contributed by atoms with Crippen molar-refractivity contribution >= 4 is 5.95 Å². The van der Waals surface area contributed by atoms with E-state index in [9.17, 15) is 0 Å². The van der Waals surface area contributed by atoms with E-state index >= 15 is 0 Å². The number of H-pyrrole nitrogens is 1. The molecule has 0 fully saturated rings. The molecule has 2 heterocycles. The maximum atomic E-state index is 5.45. The highest BCUT2D eigenvalue weighted by Gasteiger charge is 1.98. The second-order valence-corrected chi connectivity index (χ2v) is 2.83. The number of anilines is 1. The molecule has 0 bridgehead atoms. The van der Waals surface area contributed by atoms with Crippen LogP contribution in [-0.4, -0.2) is 15.0 Å². The van der Waals surface area contributed by atoms with Crippen LogP contribution in [0, 0.1) is 0 Å². The first-order valence-corrected chi connectivity index (χ1v) is 4.03. The van der Waals surface area contributed by atoms with Gasteiger partial charge in [-0.25, -0.2) is 4.98 Å². The maximum Gasteiger partial charge on any atom is 0.197 e. The molecule has 2 aromatic rings. The first-order chi connectivity index (χ1) is 6.34. The van der Waals surface area contributed by atoms with E-state index in [1.54, 1.807) is 18.6 Å². The summed E-state index contributed by atoms with van der Waals surface area (Å²) in [5, 5.41) is 0. The van der Waals surface area contributed by atoms with Crippen LogP contribution < -0.4 is 5.73 Å². The van der Waals surface area contributed by atoms with Gasteiger partial charge < -0.3 is 10.7 Å². The van der Waals surface area contributed by atoms with Crippen LogP contribution in [0.25, 0.3) is 0 Å². The van der Waals surface area contributed by atoms with Crippen molar-refractivity contribution in [1.29, 1.82) is 0 Å². The Morgan fingerprint density at radius 3 is 2.69 bits per heavy atom. The second-order valence-electron chi connectivity index (χ2n) is 2.83. The lowest BCUT2D eigenvalue weighted by atomic mass is 10.2. The number of aromatic nitrogens is 3. The Morgan fingerprint density at radius 2 is 2.08 bits per heavy atom. The molecule has 0 aliphatic rings. The normalized spacial score (nSPS) is 10.2. The zero-order valence-electron chi connectivity index (χ0n) is 7.07. The van der Waals surface area contributed by atoms with Gasteiger partial charge in [0.1, 0.15) is 0 Å². The number of nitrogen functional groups attached to an aromatic ring is 1. The number of hydrogen-bond donors (Lipinski definition) is 2. The summed E-state index contributed by atoms with van der Waals surface area (Å²) < 4.78 is 0. The van der Waals surface area contributed by atoms with E-state index in [1.165, 1.54) is 5.56 Å². The minimum absolute atomic E-state index is 0.462. The average Bonchev–Trinajstić information content (AvgIpc) is 2.53. The van der Waals surface area contributed by atoms with Crippen LogP contribution in [0.15, 0.2) is 30.7 Å². The molecule has 2 aromatic heterocycles. The van der Waals surface area contributed by atoms with Crippen LogP contribution in [0.3, 0.4) is 0 Å². The number of pyridine rings is 1. The quantitative estimate of drug-likeness (QED) is 0.713. The monoisotopic (exact) mass is 174 g/mol. The van der Waals surface area contributed by atoms with Crippen LogP contribution in [-0.2, 0) is 6.42 Å². The zero-order chi connectivity index (χ0) is 9.10. The fourth-order valence-electron chi connectivity index (χ4n) is 1.19. The average molecular weight is 174 g/mol. The second kappa shape index (κ2) is 3.26. The summed E-state index contributed by atoms with van der Waals surface area (Å²) in [6.45, 7) is 0. The summed E-state index contributed by atoms with van der Waals surface area (Å²) in [6, 6.07) is 3.94. The molecular weight excluding hydrogens is 164 g/mol. The van der Waals surface area contributed by atoms with E-state index in [2.05, 4.69) is 15.0 Å². The lowest BCUT2D eigenvalue weighted by Gasteiger charge is -1.96. The van der Waals surface area contributed by atoms with Gasteiger partial charge in [0.2, 0.25) is 0 Å². The third kappa shape index (κ3) is 1.84. The van der Waals surface area contributed by atoms with E-state index in [4.69, 9.17) is 5.73 Å². The molecule has 0 radical (unpaired) electrons. The molecule has 0 atom stereocenters. The zero-order valence-corrected chi connectivity index (χ0v) is 7.07. The molecule has 0 unspecified atom stereocenters. The molecule has 3 N–H and O–H groups in total. The SMILES string of the molecule is Nc1ncc(Cc2ccncc2)[nH]1.